The van der Waals surface area contributed by atoms with Crippen LogP contribution in [0.5, 0.6) is 11.5 Å². The van der Waals surface area contributed by atoms with Gasteiger partial charge in [-0.2, -0.15) is 0 Å². The number of para-hydroxylation sites is 1. The summed E-state index contributed by atoms with van der Waals surface area (Å²) in [6.07, 6.45) is 3.54. The second-order valence-corrected chi connectivity index (χ2v) is 8.83. The summed E-state index contributed by atoms with van der Waals surface area (Å²) in [7, 11) is 0. The van der Waals surface area contributed by atoms with Crippen LogP contribution in [0.1, 0.15) is 4.88 Å². The van der Waals surface area contributed by atoms with Crippen LogP contribution in [0.15, 0.2) is 83.5 Å². The summed E-state index contributed by atoms with van der Waals surface area (Å²) in [6, 6.07) is 20.8. The number of nitrogens with zero attached hydrogens (tertiary/aromatic N) is 2. The van der Waals surface area contributed by atoms with Crippen LogP contribution >= 0.6 is 23.1 Å². The van der Waals surface area contributed by atoms with Crippen LogP contribution in [0.3, 0.4) is 0 Å². The van der Waals surface area contributed by atoms with E-state index in [9.17, 15) is 4.79 Å². The van der Waals surface area contributed by atoms with Gasteiger partial charge in [0.1, 0.15) is 11.5 Å². The second kappa shape index (κ2) is 9.56. The van der Waals surface area contributed by atoms with Crippen molar-refractivity contribution in [2.45, 2.75) is 11.3 Å². The number of nitrogens with one attached hydrogen (secondary N) is 1. The molecule has 0 aliphatic rings. The smallest absolute Gasteiger partial charge is 0.234 e. The third-order valence-electron chi connectivity index (χ3n) is 4.16. The molecule has 0 spiro atoms. The number of benzene rings is 2. The molecule has 30 heavy (non-hydrogen) atoms. The molecule has 0 aliphatic heterocycles. The maximum Gasteiger partial charge on any atom is 0.234 e. The molecule has 1 N–H and O–H groups in total. The Kier molecular flexibility index (Phi) is 6.41. The molecule has 2 heterocycles. The molecule has 0 atom stereocenters. The van der Waals surface area contributed by atoms with Crippen LogP contribution in [-0.4, -0.2) is 21.6 Å². The quantitative estimate of drug-likeness (QED) is 0.360. The Morgan fingerprint density at radius 3 is 2.53 bits per heavy atom. The Morgan fingerprint density at radius 2 is 1.80 bits per heavy atom. The summed E-state index contributed by atoms with van der Waals surface area (Å²) < 4.78 is 6.63. The first-order chi connectivity index (χ1) is 14.7. The summed E-state index contributed by atoms with van der Waals surface area (Å²) in [6.45, 7) is 2.03. The van der Waals surface area contributed by atoms with E-state index in [-0.39, 0.29) is 5.91 Å². The van der Waals surface area contributed by atoms with Gasteiger partial charge in [0.15, 0.2) is 4.34 Å². The summed E-state index contributed by atoms with van der Waals surface area (Å²) in [5, 5.41) is 2.91. The lowest BCUT2D eigenvalue weighted by Gasteiger charge is -2.07. The van der Waals surface area contributed by atoms with Crippen molar-refractivity contribution < 1.29 is 9.53 Å². The van der Waals surface area contributed by atoms with Crippen molar-refractivity contribution in [1.29, 1.82) is 0 Å². The zero-order valence-corrected chi connectivity index (χ0v) is 17.9. The van der Waals surface area contributed by atoms with Crippen molar-refractivity contribution >= 4 is 34.7 Å². The molecule has 2 aromatic carbocycles. The van der Waals surface area contributed by atoms with Gasteiger partial charge in [0, 0.05) is 28.5 Å². The van der Waals surface area contributed by atoms with Crippen molar-refractivity contribution in [2.75, 3.05) is 11.1 Å². The van der Waals surface area contributed by atoms with Crippen molar-refractivity contribution in [3.63, 3.8) is 0 Å². The number of thiazole rings is 1. The number of thioether (sulfide) groups is 1. The summed E-state index contributed by atoms with van der Waals surface area (Å²) in [5.74, 6) is 1.71. The van der Waals surface area contributed by atoms with Gasteiger partial charge >= 0.3 is 0 Å². The zero-order valence-electron chi connectivity index (χ0n) is 16.2. The average molecular weight is 434 g/mol. The molecule has 0 unspecified atom stereocenters. The van der Waals surface area contributed by atoms with Gasteiger partial charge in [-0.15, -0.1) is 11.3 Å². The minimum atomic E-state index is -0.0764. The Hall–Kier alpha value is -3.16. The molecule has 0 fully saturated rings. The Balaban J connectivity index is 1.31. The molecule has 5 nitrogen and oxygen atoms in total. The van der Waals surface area contributed by atoms with E-state index in [1.54, 1.807) is 23.7 Å². The summed E-state index contributed by atoms with van der Waals surface area (Å²) in [5.41, 5.74) is 2.64. The average Bonchev–Trinajstić information content (AvgIpc) is 3.16. The van der Waals surface area contributed by atoms with E-state index < -0.39 is 0 Å². The number of aromatic nitrogens is 2. The van der Waals surface area contributed by atoms with Crippen LogP contribution in [0, 0.1) is 6.92 Å². The highest BCUT2D eigenvalue weighted by Gasteiger charge is 2.12. The summed E-state index contributed by atoms with van der Waals surface area (Å²) in [4.78, 5) is 22.2. The molecule has 0 radical (unpaired) electrons. The lowest BCUT2D eigenvalue weighted by atomic mass is 10.2. The number of pyridine rings is 1. The van der Waals surface area contributed by atoms with Crippen molar-refractivity contribution in [1.82, 2.24) is 9.97 Å². The minimum absolute atomic E-state index is 0.0764. The van der Waals surface area contributed by atoms with Crippen molar-refractivity contribution in [3.05, 3.63) is 84.0 Å². The summed E-state index contributed by atoms with van der Waals surface area (Å²) >= 11 is 3.02. The number of carbonyl (C=O) groups is 1. The number of hydrogen-bond acceptors (Lipinski definition) is 6. The lowest BCUT2D eigenvalue weighted by Crippen LogP contribution is -2.13. The highest BCUT2D eigenvalue weighted by molar-refractivity contribution is 8.01. The fourth-order valence-corrected chi connectivity index (χ4v) is 4.69. The zero-order chi connectivity index (χ0) is 20.8. The maximum absolute atomic E-state index is 12.3. The van der Waals surface area contributed by atoms with E-state index in [0.29, 0.717) is 5.75 Å². The number of hydrogen-bond donors (Lipinski definition) is 1. The van der Waals surface area contributed by atoms with Gasteiger partial charge in [-0.3, -0.25) is 9.78 Å². The SMILES string of the molecule is Cc1sc(SCC(=O)Nc2ccc(Oc3ccccc3)cc2)nc1-c1cccnc1. The molecule has 1 amide bonds. The number of carbonyl (C=O) groups excluding carboxylic acids is 1. The maximum atomic E-state index is 12.3. The molecular weight excluding hydrogens is 414 g/mol. The monoisotopic (exact) mass is 433 g/mol. The molecular formula is C23H19N3O2S2. The normalized spacial score (nSPS) is 10.6. The van der Waals surface area contributed by atoms with Crippen molar-refractivity contribution in [2.24, 2.45) is 0 Å². The van der Waals surface area contributed by atoms with Gasteiger partial charge < -0.3 is 10.1 Å². The molecule has 4 rings (SSSR count). The molecule has 0 aliphatic carbocycles. The standard InChI is InChI=1S/C23H19N3O2S2/c1-16-22(17-6-5-13-24-14-17)26-23(30-16)29-15-21(27)25-18-9-11-20(12-10-18)28-19-7-3-2-4-8-19/h2-14H,15H2,1H3,(H,25,27). The fourth-order valence-electron chi connectivity index (χ4n) is 2.76. The highest BCUT2D eigenvalue weighted by atomic mass is 32.2. The van der Waals surface area contributed by atoms with E-state index in [2.05, 4.69) is 15.3 Å². The topological polar surface area (TPSA) is 64.1 Å². The van der Waals surface area contributed by atoms with Gasteiger partial charge in [0.25, 0.3) is 0 Å². The van der Waals surface area contributed by atoms with E-state index >= 15 is 0 Å². The molecule has 2 aromatic heterocycles. The van der Waals surface area contributed by atoms with Crippen LogP contribution in [0.25, 0.3) is 11.3 Å². The van der Waals surface area contributed by atoms with Gasteiger partial charge in [-0.1, -0.05) is 30.0 Å². The van der Waals surface area contributed by atoms with Gasteiger partial charge in [0.05, 0.1) is 11.4 Å². The largest absolute Gasteiger partial charge is 0.457 e. The number of rotatable bonds is 7. The fraction of sp³-hybridized carbons (Fsp3) is 0.0870. The van der Waals surface area contributed by atoms with Crippen LogP contribution in [0.4, 0.5) is 5.69 Å². The van der Waals surface area contributed by atoms with Gasteiger partial charge in [-0.25, -0.2) is 4.98 Å². The van der Waals surface area contributed by atoms with Crippen molar-refractivity contribution in [3.8, 4) is 22.8 Å². The Labute approximate surface area is 183 Å². The molecule has 7 heteroatoms. The molecule has 4 aromatic rings. The predicted octanol–water partition coefficient (Wildman–Crippen LogP) is 6.04. The van der Waals surface area contributed by atoms with Gasteiger partial charge in [-0.05, 0) is 55.5 Å². The van der Waals surface area contributed by atoms with Crippen LogP contribution in [-0.2, 0) is 4.79 Å². The Bertz CT molecular complexity index is 1110. The number of aryl methyl sites for hydroxylation is 1. The minimum Gasteiger partial charge on any atom is -0.457 e. The predicted molar refractivity (Wildman–Crippen MR) is 122 cm³/mol. The highest BCUT2D eigenvalue weighted by Crippen LogP contribution is 2.32. The first-order valence-corrected chi connectivity index (χ1v) is 11.1. The molecule has 0 saturated heterocycles. The van der Waals surface area contributed by atoms with Crippen LogP contribution in [0.2, 0.25) is 0 Å². The number of anilines is 1. The van der Waals surface area contributed by atoms with E-state index in [0.717, 1.165) is 37.7 Å². The second-order valence-electron chi connectivity index (χ2n) is 6.40. The third-order valence-corrected chi connectivity index (χ3v) is 6.27. The number of ether oxygens (including phenoxy) is 1. The Morgan fingerprint density at radius 1 is 1.03 bits per heavy atom. The molecule has 150 valence electrons. The lowest BCUT2D eigenvalue weighted by molar-refractivity contribution is -0.113. The van der Waals surface area contributed by atoms with Crippen LogP contribution < -0.4 is 10.1 Å². The molecule has 0 bridgehead atoms. The van der Waals surface area contributed by atoms with Gasteiger partial charge in [0.2, 0.25) is 5.91 Å². The third kappa shape index (κ3) is 5.25. The van der Waals surface area contributed by atoms with E-state index in [1.807, 2.05) is 73.7 Å². The molecule has 0 saturated carbocycles. The van der Waals surface area contributed by atoms with E-state index in [4.69, 9.17) is 4.74 Å². The van der Waals surface area contributed by atoms with E-state index in [1.165, 1.54) is 11.8 Å². The first-order valence-electron chi connectivity index (χ1n) is 9.31. The number of amides is 1. The first kappa shape index (κ1) is 20.1.